The molecule has 0 amide bonds. The van der Waals surface area contributed by atoms with Gasteiger partial charge in [0.15, 0.2) is 17.4 Å². The average Bonchev–Trinajstić information content (AvgIpc) is 2.76. The number of pyridine rings is 1. The first-order valence-corrected chi connectivity index (χ1v) is 5.82. The number of aryl methyl sites for hydroxylation is 1. The molecule has 6 nitrogen and oxygen atoms in total. The van der Waals surface area contributed by atoms with E-state index in [9.17, 15) is 0 Å². The molecular formula is C12H17N5O. The summed E-state index contributed by atoms with van der Waals surface area (Å²) >= 11 is 0. The lowest BCUT2D eigenvalue weighted by Crippen LogP contribution is -2.11. The van der Waals surface area contributed by atoms with Gasteiger partial charge in [0.2, 0.25) is 0 Å². The van der Waals surface area contributed by atoms with Gasteiger partial charge in [0.1, 0.15) is 12.9 Å². The smallest absolute Gasteiger partial charge is 0.166 e. The number of anilines is 1. The van der Waals surface area contributed by atoms with E-state index in [4.69, 9.17) is 10.5 Å². The second kappa shape index (κ2) is 5.03. The van der Waals surface area contributed by atoms with Crippen LogP contribution in [0.3, 0.4) is 0 Å². The van der Waals surface area contributed by atoms with Crippen LogP contribution in [0, 0.1) is 6.92 Å². The number of nitrogen functional groups attached to an aromatic ring is 1. The number of ether oxygens (including phenoxy) is 1. The highest BCUT2D eigenvalue weighted by Crippen LogP contribution is 2.20. The highest BCUT2D eigenvalue weighted by Gasteiger charge is 2.09. The summed E-state index contributed by atoms with van der Waals surface area (Å²) in [6.45, 7) is 6.29. The molecule has 2 N–H and O–H groups in total. The second-order valence-corrected chi connectivity index (χ2v) is 4.34. The topological polar surface area (TPSA) is 78.9 Å². The van der Waals surface area contributed by atoms with Crippen molar-refractivity contribution in [1.82, 2.24) is 19.7 Å². The van der Waals surface area contributed by atoms with Crippen LogP contribution in [0.15, 0.2) is 18.5 Å². The Labute approximate surface area is 106 Å². The van der Waals surface area contributed by atoms with Crippen molar-refractivity contribution in [2.24, 2.45) is 0 Å². The highest BCUT2D eigenvalue weighted by molar-refractivity contribution is 5.46. The van der Waals surface area contributed by atoms with Crippen molar-refractivity contribution in [1.29, 1.82) is 0 Å². The maximum atomic E-state index is 5.78. The minimum Gasteiger partial charge on any atom is -0.482 e. The van der Waals surface area contributed by atoms with Gasteiger partial charge in [0.05, 0.1) is 0 Å². The SMILES string of the molecule is Cc1ccc(OCc2ncnn2C(C)C)c(N)n1. The zero-order valence-corrected chi connectivity index (χ0v) is 10.8. The third-order valence-corrected chi connectivity index (χ3v) is 2.52. The second-order valence-electron chi connectivity index (χ2n) is 4.34. The lowest BCUT2D eigenvalue weighted by atomic mass is 10.3. The van der Waals surface area contributed by atoms with E-state index in [-0.39, 0.29) is 6.04 Å². The number of hydrogen-bond acceptors (Lipinski definition) is 5. The van der Waals surface area contributed by atoms with E-state index < -0.39 is 0 Å². The van der Waals surface area contributed by atoms with Gasteiger partial charge < -0.3 is 10.5 Å². The molecule has 0 aliphatic carbocycles. The maximum Gasteiger partial charge on any atom is 0.166 e. The third-order valence-electron chi connectivity index (χ3n) is 2.52. The molecule has 2 aromatic rings. The molecule has 0 saturated carbocycles. The summed E-state index contributed by atoms with van der Waals surface area (Å²) in [5.41, 5.74) is 6.65. The standard InChI is InChI=1S/C12H17N5O/c1-8(2)17-11(14-7-15-17)6-18-10-5-4-9(3)16-12(10)13/h4-5,7-8H,6H2,1-3H3,(H2,13,16). The van der Waals surface area contributed by atoms with Gasteiger partial charge in [-0.25, -0.2) is 14.6 Å². The molecule has 0 fully saturated rings. The molecule has 18 heavy (non-hydrogen) atoms. The number of nitrogens with two attached hydrogens (primary N) is 1. The number of aromatic nitrogens is 4. The predicted molar refractivity (Wildman–Crippen MR) is 68.1 cm³/mol. The number of nitrogens with zero attached hydrogens (tertiary/aromatic N) is 4. The first kappa shape index (κ1) is 12.3. The summed E-state index contributed by atoms with van der Waals surface area (Å²) in [7, 11) is 0. The molecule has 2 aromatic heterocycles. The fraction of sp³-hybridized carbons (Fsp3) is 0.417. The van der Waals surface area contributed by atoms with E-state index in [1.54, 1.807) is 0 Å². The Kier molecular flexibility index (Phi) is 3.45. The van der Waals surface area contributed by atoms with Crippen LogP contribution < -0.4 is 10.5 Å². The average molecular weight is 247 g/mol. The maximum absolute atomic E-state index is 5.78. The number of rotatable bonds is 4. The van der Waals surface area contributed by atoms with Crippen LogP contribution in [0.1, 0.15) is 31.4 Å². The van der Waals surface area contributed by atoms with Gasteiger partial charge in [-0.1, -0.05) is 0 Å². The molecule has 0 saturated heterocycles. The van der Waals surface area contributed by atoms with Crippen LogP contribution in [0.5, 0.6) is 5.75 Å². The Morgan fingerprint density at radius 2 is 2.17 bits per heavy atom. The number of hydrogen-bond donors (Lipinski definition) is 1. The molecule has 0 radical (unpaired) electrons. The Morgan fingerprint density at radius 1 is 1.39 bits per heavy atom. The van der Waals surface area contributed by atoms with Crippen LogP contribution in [0.2, 0.25) is 0 Å². The Hall–Kier alpha value is -2.11. The molecule has 2 heterocycles. The summed E-state index contributed by atoms with van der Waals surface area (Å²) < 4.78 is 7.43. The quantitative estimate of drug-likeness (QED) is 0.890. The molecule has 0 aromatic carbocycles. The van der Waals surface area contributed by atoms with Crippen molar-refractivity contribution in [3.63, 3.8) is 0 Å². The molecule has 0 atom stereocenters. The monoisotopic (exact) mass is 247 g/mol. The van der Waals surface area contributed by atoms with Crippen molar-refractivity contribution >= 4 is 5.82 Å². The lowest BCUT2D eigenvalue weighted by Gasteiger charge is -2.11. The minimum absolute atomic E-state index is 0.250. The minimum atomic E-state index is 0.250. The third kappa shape index (κ3) is 2.58. The summed E-state index contributed by atoms with van der Waals surface area (Å²) in [5.74, 6) is 1.73. The Morgan fingerprint density at radius 3 is 2.83 bits per heavy atom. The van der Waals surface area contributed by atoms with Gasteiger partial charge in [-0.3, -0.25) is 0 Å². The Balaban J connectivity index is 2.09. The molecule has 0 aliphatic rings. The van der Waals surface area contributed by atoms with Crippen LogP contribution in [-0.2, 0) is 6.61 Å². The molecule has 0 bridgehead atoms. The summed E-state index contributed by atoms with van der Waals surface area (Å²) in [6, 6.07) is 3.92. The zero-order chi connectivity index (χ0) is 13.1. The van der Waals surface area contributed by atoms with Gasteiger partial charge in [-0.05, 0) is 32.9 Å². The Bertz CT molecular complexity index is 535. The van der Waals surface area contributed by atoms with E-state index in [0.717, 1.165) is 11.5 Å². The summed E-state index contributed by atoms with van der Waals surface area (Å²) in [5, 5.41) is 4.14. The highest BCUT2D eigenvalue weighted by atomic mass is 16.5. The van der Waals surface area contributed by atoms with Crippen molar-refractivity contribution in [3.8, 4) is 5.75 Å². The van der Waals surface area contributed by atoms with Crippen LogP contribution >= 0.6 is 0 Å². The molecule has 0 aliphatic heterocycles. The molecular weight excluding hydrogens is 230 g/mol. The van der Waals surface area contributed by atoms with Crippen LogP contribution in [-0.4, -0.2) is 19.7 Å². The van der Waals surface area contributed by atoms with Crippen molar-refractivity contribution in [3.05, 3.63) is 30.0 Å². The largest absolute Gasteiger partial charge is 0.482 e. The molecule has 6 heteroatoms. The summed E-state index contributed by atoms with van der Waals surface area (Å²) in [4.78, 5) is 8.31. The van der Waals surface area contributed by atoms with Gasteiger partial charge in [0, 0.05) is 11.7 Å². The van der Waals surface area contributed by atoms with Crippen molar-refractivity contribution in [2.75, 3.05) is 5.73 Å². The molecule has 2 rings (SSSR count). The fourth-order valence-electron chi connectivity index (χ4n) is 1.64. The van der Waals surface area contributed by atoms with Gasteiger partial charge in [-0.2, -0.15) is 5.10 Å². The van der Waals surface area contributed by atoms with E-state index in [1.807, 2.05) is 37.6 Å². The van der Waals surface area contributed by atoms with Gasteiger partial charge in [-0.15, -0.1) is 0 Å². The van der Waals surface area contributed by atoms with E-state index in [2.05, 4.69) is 15.1 Å². The molecule has 0 unspecified atom stereocenters. The van der Waals surface area contributed by atoms with Gasteiger partial charge >= 0.3 is 0 Å². The molecule has 0 spiro atoms. The van der Waals surface area contributed by atoms with Crippen LogP contribution in [0.25, 0.3) is 0 Å². The zero-order valence-electron chi connectivity index (χ0n) is 10.8. The first-order valence-electron chi connectivity index (χ1n) is 5.82. The van der Waals surface area contributed by atoms with E-state index in [1.165, 1.54) is 6.33 Å². The van der Waals surface area contributed by atoms with Crippen LogP contribution in [0.4, 0.5) is 5.82 Å². The predicted octanol–water partition coefficient (Wildman–Crippen LogP) is 1.72. The molecule has 96 valence electrons. The normalized spacial score (nSPS) is 10.9. The summed E-state index contributed by atoms with van der Waals surface area (Å²) in [6.07, 6.45) is 1.52. The van der Waals surface area contributed by atoms with Crippen molar-refractivity contribution < 1.29 is 4.74 Å². The first-order chi connectivity index (χ1) is 8.58. The van der Waals surface area contributed by atoms with E-state index in [0.29, 0.717) is 18.2 Å². The van der Waals surface area contributed by atoms with Crippen molar-refractivity contribution in [2.45, 2.75) is 33.4 Å². The van der Waals surface area contributed by atoms with E-state index >= 15 is 0 Å². The van der Waals surface area contributed by atoms with Gasteiger partial charge in [0.25, 0.3) is 0 Å². The lowest BCUT2D eigenvalue weighted by molar-refractivity contribution is 0.283. The fourth-order valence-corrected chi connectivity index (χ4v) is 1.64.